The van der Waals surface area contributed by atoms with Crippen LogP contribution in [0.1, 0.15) is 12.5 Å². The van der Waals surface area contributed by atoms with E-state index in [-0.39, 0.29) is 0 Å². The van der Waals surface area contributed by atoms with Crippen LogP contribution in [0.2, 0.25) is 5.02 Å². The van der Waals surface area contributed by atoms with E-state index in [0.29, 0.717) is 21.4 Å². The molecule has 0 saturated carbocycles. The van der Waals surface area contributed by atoms with E-state index in [1.165, 1.54) is 11.3 Å². The number of aromatic nitrogens is 1. The number of anilines is 1. The maximum atomic E-state index is 12.9. The summed E-state index contributed by atoms with van der Waals surface area (Å²) in [7, 11) is 0. The number of halogens is 1. The molecule has 1 unspecified atom stereocenters. The van der Waals surface area contributed by atoms with Crippen molar-refractivity contribution in [3.63, 3.8) is 0 Å². The summed E-state index contributed by atoms with van der Waals surface area (Å²) in [6, 6.07) is 15.6. The second-order valence-corrected chi connectivity index (χ2v) is 8.14. The summed E-state index contributed by atoms with van der Waals surface area (Å²) in [5, 5.41) is 8.00. The Morgan fingerprint density at radius 1 is 1.17 bits per heavy atom. The van der Waals surface area contributed by atoms with Crippen molar-refractivity contribution in [2.45, 2.75) is 12.5 Å². The molecule has 0 bridgehead atoms. The Bertz CT molecular complexity index is 1130. The van der Waals surface area contributed by atoms with Crippen LogP contribution in [0, 0.1) is 0 Å². The first-order valence-corrected chi connectivity index (χ1v) is 10.3. The summed E-state index contributed by atoms with van der Waals surface area (Å²) in [6.45, 7) is 1.21. The number of nitrogens with one attached hydrogen (secondary N) is 2. The van der Waals surface area contributed by atoms with Crippen LogP contribution in [0.15, 0.2) is 60.0 Å². The van der Waals surface area contributed by atoms with Gasteiger partial charge in [0, 0.05) is 16.0 Å². The van der Waals surface area contributed by atoms with Crippen LogP contribution in [-0.4, -0.2) is 34.3 Å². The lowest BCUT2D eigenvalue weighted by molar-refractivity contribution is -0.133. The summed E-state index contributed by atoms with van der Waals surface area (Å²) in [4.78, 5) is 43.0. The maximum absolute atomic E-state index is 12.9. The number of hydrogen-bond acceptors (Lipinski definition) is 5. The van der Waals surface area contributed by atoms with Crippen LogP contribution in [0.4, 0.5) is 9.93 Å². The Morgan fingerprint density at radius 2 is 1.87 bits per heavy atom. The molecule has 9 heteroatoms. The average Bonchev–Trinajstić information content (AvgIpc) is 3.28. The van der Waals surface area contributed by atoms with Crippen molar-refractivity contribution in [3.8, 4) is 11.3 Å². The topological polar surface area (TPSA) is 91.4 Å². The standard InChI is InChI=1S/C21H17ClN4O3S/c1-21(13-7-3-2-4-8-13)18(28)26(20(29)25-21)11-17(27)24-19-23-16(12-30-19)14-9-5-6-10-15(14)22/h2-10,12H,11H2,1H3,(H,25,29)(H,23,24,27). The van der Waals surface area contributed by atoms with E-state index in [4.69, 9.17) is 11.6 Å². The van der Waals surface area contributed by atoms with Crippen molar-refractivity contribution in [2.75, 3.05) is 11.9 Å². The number of thiazole rings is 1. The number of rotatable bonds is 5. The van der Waals surface area contributed by atoms with Gasteiger partial charge in [0.05, 0.1) is 5.69 Å². The predicted molar refractivity (Wildman–Crippen MR) is 115 cm³/mol. The van der Waals surface area contributed by atoms with Crippen molar-refractivity contribution in [3.05, 3.63) is 70.6 Å². The zero-order valence-electron chi connectivity index (χ0n) is 15.9. The average molecular weight is 441 g/mol. The fourth-order valence-corrected chi connectivity index (χ4v) is 4.19. The molecule has 1 atom stereocenters. The van der Waals surface area contributed by atoms with Crippen molar-refractivity contribution in [1.29, 1.82) is 0 Å². The zero-order valence-corrected chi connectivity index (χ0v) is 17.5. The largest absolute Gasteiger partial charge is 0.325 e. The van der Waals surface area contributed by atoms with E-state index in [9.17, 15) is 14.4 Å². The third-order valence-electron chi connectivity index (χ3n) is 4.83. The minimum absolute atomic E-state index is 0.354. The maximum Gasteiger partial charge on any atom is 0.325 e. The Morgan fingerprint density at radius 3 is 2.60 bits per heavy atom. The summed E-state index contributed by atoms with van der Waals surface area (Å²) >= 11 is 7.42. The van der Waals surface area contributed by atoms with Gasteiger partial charge in [-0.2, -0.15) is 0 Å². The molecule has 2 N–H and O–H groups in total. The molecule has 7 nitrogen and oxygen atoms in total. The second-order valence-electron chi connectivity index (χ2n) is 6.88. The molecule has 2 aromatic carbocycles. The van der Waals surface area contributed by atoms with E-state index >= 15 is 0 Å². The van der Waals surface area contributed by atoms with Crippen LogP contribution >= 0.6 is 22.9 Å². The van der Waals surface area contributed by atoms with Crippen molar-refractivity contribution in [1.82, 2.24) is 15.2 Å². The third-order valence-corrected chi connectivity index (χ3v) is 5.92. The molecule has 0 spiro atoms. The van der Waals surface area contributed by atoms with Crippen molar-refractivity contribution in [2.24, 2.45) is 0 Å². The second kappa shape index (κ2) is 7.89. The monoisotopic (exact) mass is 440 g/mol. The van der Waals surface area contributed by atoms with Gasteiger partial charge in [0.25, 0.3) is 5.91 Å². The van der Waals surface area contributed by atoms with Crippen LogP contribution in [0.3, 0.4) is 0 Å². The predicted octanol–water partition coefficient (Wildman–Crippen LogP) is 3.87. The van der Waals surface area contributed by atoms with E-state index in [1.54, 1.807) is 42.6 Å². The number of carbonyl (C=O) groups excluding carboxylic acids is 3. The van der Waals surface area contributed by atoms with Crippen LogP contribution in [-0.2, 0) is 15.1 Å². The number of nitrogens with zero attached hydrogens (tertiary/aromatic N) is 2. The lowest BCUT2D eigenvalue weighted by atomic mass is 9.92. The van der Waals surface area contributed by atoms with Gasteiger partial charge in [-0.15, -0.1) is 11.3 Å². The smallest absolute Gasteiger partial charge is 0.319 e. The summed E-state index contributed by atoms with van der Waals surface area (Å²) in [5.74, 6) is -0.999. The molecule has 4 rings (SSSR count). The molecule has 30 heavy (non-hydrogen) atoms. The molecule has 2 heterocycles. The first kappa shape index (κ1) is 20.1. The molecule has 1 aliphatic rings. The molecule has 1 aromatic heterocycles. The summed E-state index contributed by atoms with van der Waals surface area (Å²) in [6.07, 6.45) is 0. The van der Waals surface area contributed by atoms with Gasteiger partial charge >= 0.3 is 6.03 Å². The molecule has 0 aliphatic carbocycles. The quantitative estimate of drug-likeness (QED) is 0.589. The SMILES string of the molecule is CC1(c2ccccc2)NC(=O)N(CC(=O)Nc2nc(-c3ccccc3Cl)cs2)C1=O. The number of imide groups is 1. The molecule has 1 saturated heterocycles. The van der Waals surface area contributed by atoms with E-state index in [1.807, 2.05) is 24.3 Å². The fraction of sp³-hybridized carbons (Fsp3) is 0.143. The van der Waals surface area contributed by atoms with E-state index < -0.39 is 29.9 Å². The number of benzene rings is 2. The number of urea groups is 1. The summed E-state index contributed by atoms with van der Waals surface area (Å²) < 4.78 is 0. The van der Waals surface area contributed by atoms with E-state index in [0.717, 1.165) is 10.5 Å². The molecule has 1 aliphatic heterocycles. The van der Waals surface area contributed by atoms with Gasteiger partial charge in [-0.25, -0.2) is 9.78 Å². The summed E-state index contributed by atoms with van der Waals surface area (Å²) in [5.41, 5.74) is 0.823. The van der Waals surface area contributed by atoms with Gasteiger partial charge in [-0.3, -0.25) is 14.5 Å². The van der Waals surface area contributed by atoms with Crippen molar-refractivity contribution >= 4 is 45.9 Å². The zero-order chi connectivity index (χ0) is 21.3. The number of amides is 4. The van der Waals surface area contributed by atoms with Gasteiger partial charge in [-0.05, 0) is 18.6 Å². The first-order chi connectivity index (χ1) is 14.4. The first-order valence-electron chi connectivity index (χ1n) is 9.08. The molecular weight excluding hydrogens is 424 g/mol. The molecule has 0 radical (unpaired) electrons. The van der Waals surface area contributed by atoms with E-state index in [2.05, 4.69) is 15.6 Å². The molecular formula is C21H17ClN4O3S. The minimum atomic E-state index is -1.21. The molecule has 152 valence electrons. The van der Waals surface area contributed by atoms with Crippen molar-refractivity contribution < 1.29 is 14.4 Å². The highest BCUT2D eigenvalue weighted by Crippen LogP contribution is 2.31. The van der Waals surface area contributed by atoms with Crippen LogP contribution in [0.5, 0.6) is 0 Å². The van der Waals surface area contributed by atoms with Crippen LogP contribution in [0.25, 0.3) is 11.3 Å². The number of carbonyl (C=O) groups is 3. The lowest BCUT2D eigenvalue weighted by Crippen LogP contribution is -2.42. The lowest BCUT2D eigenvalue weighted by Gasteiger charge is -2.21. The highest BCUT2D eigenvalue weighted by atomic mass is 35.5. The van der Waals surface area contributed by atoms with Gasteiger partial charge < -0.3 is 10.6 Å². The third kappa shape index (κ3) is 3.67. The van der Waals surface area contributed by atoms with Gasteiger partial charge in [-0.1, -0.05) is 60.1 Å². The fourth-order valence-electron chi connectivity index (χ4n) is 3.23. The Balaban J connectivity index is 1.45. The highest BCUT2D eigenvalue weighted by molar-refractivity contribution is 7.14. The molecule has 4 amide bonds. The normalized spacial score (nSPS) is 18.4. The Kier molecular flexibility index (Phi) is 5.27. The minimum Gasteiger partial charge on any atom is -0.319 e. The number of hydrogen-bond donors (Lipinski definition) is 2. The van der Waals surface area contributed by atoms with Gasteiger partial charge in [0.15, 0.2) is 5.13 Å². The van der Waals surface area contributed by atoms with Gasteiger partial charge in [0.2, 0.25) is 5.91 Å². The molecule has 1 fully saturated rings. The Hall–Kier alpha value is -3.23. The highest BCUT2D eigenvalue weighted by Gasteiger charge is 2.49. The van der Waals surface area contributed by atoms with Gasteiger partial charge in [0.1, 0.15) is 12.1 Å². The Labute approximate surface area is 181 Å². The van der Waals surface area contributed by atoms with Crippen LogP contribution < -0.4 is 10.6 Å². The molecule has 3 aromatic rings.